The fraction of sp³-hybridized carbons (Fsp3) is 0.692. The van der Waals surface area contributed by atoms with Gasteiger partial charge in [0.1, 0.15) is 17.5 Å². The van der Waals surface area contributed by atoms with Crippen molar-refractivity contribution in [1.29, 1.82) is 0 Å². The lowest BCUT2D eigenvalue weighted by atomic mass is 10.1. The van der Waals surface area contributed by atoms with Gasteiger partial charge in [0, 0.05) is 18.0 Å². The lowest BCUT2D eigenvalue weighted by Crippen LogP contribution is -2.37. The quantitative estimate of drug-likeness (QED) is 0.848. The Kier molecular flexibility index (Phi) is 4.01. The number of hydrogen-bond donors (Lipinski definition) is 2. The molecule has 1 aliphatic heterocycles. The summed E-state index contributed by atoms with van der Waals surface area (Å²) in [5.74, 6) is 2.32. The zero-order valence-corrected chi connectivity index (χ0v) is 11.5. The van der Waals surface area contributed by atoms with Crippen molar-refractivity contribution in [2.24, 2.45) is 0 Å². The first-order valence-electron chi connectivity index (χ1n) is 6.68. The van der Waals surface area contributed by atoms with Gasteiger partial charge in [-0.15, -0.1) is 0 Å². The summed E-state index contributed by atoms with van der Waals surface area (Å²) in [6, 6.07) is 0.499. The largest absolute Gasteiger partial charge is 0.383 e. The normalized spacial score (nSPS) is 17.9. The Morgan fingerprint density at radius 3 is 2.61 bits per heavy atom. The van der Waals surface area contributed by atoms with Crippen LogP contribution in [0.15, 0.2) is 0 Å². The Morgan fingerprint density at radius 2 is 2.00 bits per heavy atom. The Hall–Kier alpha value is -1.36. The number of anilines is 2. The van der Waals surface area contributed by atoms with E-state index in [9.17, 15) is 0 Å². The molecule has 5 heteroatoms. The van der Waals surface area contributed by atoms with Crippen molar-refractivity contribution < 1.29 is 0 Å². The molecule has 2 rings (SSSR count). The van der Waals surface area contributed by atoms with E-state index in [0.717, 1.165) is 49.6 Å². The molecule has 0 aliphatic carbocycles. The van der Waals surface area contributed by atoms with Crippen molar-refractivity contribution in [1.82, 2.24) is 14.9 Å². The fourth-order valence-electron chi connectivity index (χ4n) is 2.23. The van der Waals surface area contributed by atoms with E-state index in [2.05, 4.69) is 27.2 Å². The van der Waals surface area contributed by atoms with Gasteiger partial charge in [-0.2, -0.15) is 0 Å². The van der Waals surface area contributed by atoms with E-state index in [1.54, 1.807) is 0 Å². The second-order valence-electron chi connectivity index (χ2n) is 5.07. The third kappa shape index (κ3) is 2.90. The number of nitrogens with zero attached hydrogens (tertiary/aromatic N) is 3. The lowest BCUT2D eigenvalue weighted by molar-refractivity contribution is 0.263. The van der Waals surface area contributed by atoms with Crippen molar-refractivity contribution in [2.45, 2.75) is 39.2 Å². The Bertz CT molecular complexity index is 410. The van der Waals surface area contributed by atoms with Gasteiger partial charge in [-0.05, 0) is 39.9 Å². The monoisotopic (exact) mass is 249 g/mol. The van der Waals surface area contributed by atoms with Crippen LogP contribution in [0.1, 0.15) is 31.2 Å². The van der Waals surface area contributed by atoms with Crippen LogP contribution in [0.2, 0.25) is 0 Å². The van der Waals surface area contributed by atoms with E-state index in [-0.39, 0.29) is 0 Å². The molecule has 1 fully saturated rings. The number of rotatable bonds is 3. The van der Waals surface area contributed by atoms with Crippen molar-refractivity contribution >= 4 is 11.6 Å². The van der Waals surface area contributed by atoms with Gasteiger partial charge in [0.15, 0.2) is 0 Å². The van der Waals surface area contributed by atoms with Crippen LogP contribution < -0.4 is 11.1 Å². The van der Waals surface area contributed by atoms with Gasteiger partial charge in [0.2, 0.25) is 0 Å². The first-order chi connectivity index (χ1) is 8.60. The predicted octanol–water partition coefficient (Wildman–Crippen LogP) is 1.44. The Morgan fingerprint density at radius 1 is 1.33 bits per heavy atom. The Balaban J connectivity index is 2.10. The molecule has 5 nitrogen and oxygen atoms in total. The summed E-state index contributed by atoms with van der Waals surface area (Å²) in [5, 5.41) is 3.53. The highest BCUT2D eigenvalue weighted by atomic mass is 15.1. The zero-order chi connectivity index (χ0) is 13.1. The second-order valence-corrected chi connectivity index (χ2v) is 5.07. The number of piperidine rings is 1. The smallest absolute Gasteiger partial charge is 0.134 e. The molecule has 1 saturated heterocycles. The van der Waals surface area contributed by atoms with E-state index >= 15 is 0 Å². The molecule has 2 heterocycles. The summed E-state index contributed by atoms with van der Waals surface area (Å²) < 4.78 is 0. The number of likely N-dealkylation sites (tertiary alicyclic amines) is 1. The average molecular weight is 249 g/mol. The third-order valence-corrected chi connectivity index (χ3v) is 3.61. The molecule has 0 bridgehead atoms. The number of hydrogen-bond acceptors (Lipinski definition) is 5. The first kappa shape index (κ1) is 13.1. The molecular formula is C13H23N5. The average Bonchev–Trinajstić information content (AvgIpc) is 2.37. The minimum Gasteiger partial charge on any atom is -0.383 e. The van der Waals surface area contributed by atoms with Gasteiger partial charge in [-0.25, -0.2) is 9.97 Å². The number of nitrogen functional groups attached to an aromatic ring is 1. The van der Waals surface area contributed by atoms with Crippen molar-refractivity contribution in [2.75, 3.05) is 31.2 Å². The molecular weight excluding hydrogens is 226 g/mol. The summed E-state index contributed by atoms with van der Waals surface area (Å²) >= 11 is 0. The first-order valence-corrected chi connectivity index (χ1v) is 6.68. The molecule has 0 amide bonds. The predicted molar refractivity (Wildman–Crippen MR) is 74.7 cm³/mol. The summed E-state index contributed by atoms with van der Waals surface area (Å²) in [6.07, 6.45) is 3.12. The highest BCUT2D eigenvalue weighted by Gasteiger charge is 2.18. The van der Waals surface area contributed by atoms with Crippen LogP contribution in [0.25, 0.3) is 0 Å². The molecule has 0 atom stereocenters. The maximum absolute atomic E-state index is 5.92. The van der Waals surface area contributed by atoms with Crippen LogP contribution in [0.4, 0.5) is 11.6 Å². The van der Waals surface area contributed by atoms with Crippen LogP contribution >= 0.6 is 0 Å². The van der Waals surface area contributed by atoms with Crippen molar-refractivity contribution in [3.8, 4) is 0 Å². The van der Waals surface area contributed by atoms with Crippen LogP contribution in [-0.4, -0.2) is 41.0 Å². The van der Waals surface area contributed by atoms with Crippen molar-refractivity contribution in [3.05, 3.63) is 11.4 Å². The van der Waals surface area contributed by atoms with E-state index < -0.39 is 0 Å². The maximum atomic E-state index is 5.92. The van der Waals surface area contributed by atoms with E-state index in [0.29, 0.717) is 11.9 Å². The molecule has 100 valence electrons. The number of aromatic nitrogens is 2. The highest BCUT2D eigenvalue weighted by molar-refractivity contribution is 5.55. The Labute approximate surface area is 109 Å². The summed E-state index contributed by atoms with van der Waals surface area (Å²) in [4.78, 5) is 11.2. The van der Waals surface area contributed by atoms with Crippen LogP contribution in [-0.2, 0) is 6.42 Å². The van der Waals surface area contributed by atoms with Gasteiger partial charge in [-0.1, -0.05) is 6.92 Å². The van der Waals surface area contributed by atoms with Gasteiger partial charge in [0.05, 0.1) is 0 Å². The highest BCUT2D eigenvalue weighted by Crippen LogP contribution is 2.21. The number of nitrogens with two attached hydrogens (primary N) is 1. The van der Waals surface area contributed by atoms with E-state index in [1.807, 2.05) is 13.8 Å². The molecule has 0 saturated carbocycles. The molecule has 1 aromatic heterocycles. The molecule has 3 N–H and O–H groups in total. The van der Waals surface area contributed by atoms with Gasteiger partial charge < -0.3 is 16.0 Å². The topological polar surface area (TPSA) is 67.1 Å². The SMILES string of the molecule is CCc1nc(N)c(C)c(NC2CCN(C)CC2)n1. The van der Waals surface area contributed by atoms with Gasteiger partial charge in [-0.3, -0.25) is 0 Å². The van der Waals surface area contributed by atoms with Crippen LogP contribution in [0.5, 0.6) is 0 Å². The maximum Gasteiger partial charge on any atom is 0.134 e. The van der Waals surface area contributed by atoms with Crippen LogP contribution in [0.3, 0.4) is 0 Å². The number of aryl methyl sites for hydroxylation is 1. The van der Waals surface area contributed by atoms with Gasteiger partial charge in [0.25, 0.3) is 0 Å². The molecule has 0 spiro atoms. The van der Waals surface area contributed by atoms with E-state index in [4.69, 9.17) is 5.73 Å². The van der Waals surface area contributed by atoms with Crippen molar-refractivity contribution in [3.63, 3.8) is 0 Å². The number of nitrogens with one attached hydrogen (secondary N) is 1. The second kappa shape index (κ2) is 5.52. The summed E-state index contributed by atoms with van der Waals surface area (Å²) in [7, 11) is 2.17. The third-order valence-electron chi connectivity index (χ3n) is 3.61. The van der Waals surface area contributed by atoms with Gasteiger partial charge >= 0.3 is 0 Å². The summed E-state index contributed by atoms with van der Waals surface area (Å²) in [5.41, 5.74) is 6.89. The molecule has 1 aliphatic rings. The zero-order valence-electron chi connectivity index (χ0n) is 11.5. The summed E-state index contributed by atoms with van der Waals surface area (Å²) in [6.45, 7) is 6.30. The molecule has 0 unspecified atom stereocenters. The molecule has 18 heavy (non-hydrogen) atoms. The molecule has 0 radical (unpaired) electrons. The fourth-order valence-corrected chi connectivity index (χ4v) is 2.23. The van der Waals surface area contributed by atoms with E-state index in [1.165, 1.54) is 0 Å². The lowest BCUT2D eigenvalue weighted by Gasteiger charge is -2.30. The molecule has 0 aromatic carbocycles. The molecule has 1 aromatic rings. The van der Waals surface area contributed by atoms with Crippen LogP contribution in [0, 0.1) is 6.92 Å². The standard InChI is InChI=1S/C13H23N5/c1-4-11-16-12(14)9(2)13(17-11)15-10-5-7-18(3)8-6-10/h10H,4-8H2,1-3H3,(H3,14,15,16,17). The minimum atomic E-state index is 0.499. The minimum absolute atomic E-state index is 0.499.